The number of ether oxygens (including phenoxy) is 1. The first-order valence-corrected chi connectivity index (χ1v) is 6.34. The van der Waals surface area contributed by atoms with Crippen LogP contribution in [0.3, 0.4) is 0 Å². The minimum atomic E-state index is -2.42. The molecule has 0 aromatic heterocycles. The summed E-state index contributed by atoms with van der Waals surface area (Å²) in [6.07, 6.45) is -2.42. The first kappa shape index (κ1) is 13.5. The lowest BCUT2D eigenvalue weighted by Gasteiger charge is -2.27. The van der Waals surface area contributed by atoms with Gasteiger partial charge in [-0.15, -0.1) is 0 Å². The highest BCUT2D eigenvalue weighted by atomic mass is 32.2. The Kier molecular flexibility index (Phi) is 6.47. The summed E-state index contributed by atoms with van der Waals surface area (Å²) in [5.41, 5.74) is 5.75. The summed E-state index contributed by atoms with van der Waals surface area (Å²) in [6, 6.07) is 0. The van der Waals surface area contributed by atoms with Gasteiger partial charge in [0.2, 0.25) is 0 Å². The van der Waals surface area contributed by atoms with E-state index in [0.717, 1.165) is 24.6 Å². The Morgan fingerprint density at radius 3 is 2.75 bits per heavy atom. The molecule has 7 heteroatoms. The largest absolute Gasteiger partial charge is 0.374 e. The number of nitrogens with two attached hydrogens (primary N) is 1. The van der Waals surface area contributed by atoms with Gasteiger partial charge in [0.1, 0.15) is 6.61 Å². The molecular formula is C9H17F2N3OS. The maximum Gasteiger partial charge on any atom is 0.261 e. The smallest absolute Gasteiger partial charge is 0.261 e. The van der Waals surface area contributed by atoms with Crippen molar-refractivity contribution in [3.63, 3.8) is 0 Å². The van der Waals surface area contributed by atoms with E-state index in [9.17, 15) is 8.78 Å². The Labute approximate surface area is 98.2 Å². The van der Waals surface area contributed by atoms with E-state index in [1.165, 1.54) is 0 Å². The summed E-state index contributed by atoms with van der Waals surface area (Å²) in [5, 5.41) is 0. The van der Waals surface area contributed by atoms with Crippen molar-refractivity contribution in [2.24, 2.45) is 10.7 Å². The molecule has 1 aliphatic rings. The van der Waals surface area contributed by atoms with Crippen LogP contribution in [0.1, 0.15) is 0 Å². The number of nitrogens with zero attached hydrogens (tertiary/aromatic N) is 2. The van der Waals surface area contributed by atoms with E-state index in [4.69, 9.17) is 10.5 Å². The second-order valence-electron chi connectivity index (χ2n) is 3.31. The summed E-state index contributed by atoms with van der Waals surface area (Å²) in [7, 11) is 0. The molecule has 1 rings (SSSR count). The third-order valence-electron chi connectivity index (χ3n) is 2.09. The van der Waals surface area contributed by atoms with E-state index >= 15 is 0 Å². The van der Waals surface area contributed by atoms with Crippen molar-refractivity contribution in [3.8, 4) is 0 Å². The highest BCUT2D eigenvalue weighted by Crippen LogP contribution is 2.08. The minimum absolute atomic E-state index is 0.188. The lowest BCUT2D eigenvalue weighted by Crippen LogP contribution is -2.42. The van der Waals surface area contributed by atoms with Crippen LogP contribution >= 0.6 is 11.8 Å². The van der Waals surface area contributed by atoms with E-state index in [0.29, 0.717) is 12.5 Å². The van der Waals surface area contributed by atoms with E-state index in [1.54, 1.807) is 0 Å². The Morgan fingerprint density at radius 2 is 2.12 bits per heavy atom. The number of halogens is 2. The van der Waals surface area contributed by atoms with E-state index in [-0.39, 0.29) is 6.61 Å². The quantitative estimate of drug-likeness (QED) is 0.443. The summed E-state index contributed by atoms with van der Waals surface area (Å²) < 4.78 is 28.1. The van der Waals surface area contributed by atoms with Gasteiger partial charge in [0.15, 0.2) is 5.96 Å². The average Bonchev–Trinajstić information content (AvgIpc) is 2.29. The molecular weight excluding hydrogens is 236 g/mol. The molecule has 4 nitrogen and oxygen atoms in total. The van der Waals surface area contributed by atoms with Gasteiger partial charge in [0.25, 0.3) is 6.43 Å². The maximum atomic E-state index is 11.7. The molecule has 0 saturated carbocycles. The lowest BCUT2D eigenvalue weighted by atomic mass is 10.5. The van der Waals surface area contributed by atoms with Crippen LogP contribution in [0.5, 0.6) is 0 Å². The molecule has 0 aromatic rings. The van der Waals surface area contributed by atoms with Crippen molar-refractivity contribution < 1.29 is 13.5 Å². The zero-order valence-corrected chi connectivity index (χ0v) is 9.89. The Hall–Kier alpha value is -0.560. The van der Waals surface area contributed by atoms with Crippen molar-refractivity contribution in [2.45, 2.75) is 6.43 Å². The van der Waals surface area contributed by atoms with E-state index in [1.807, 2.05) is 16.7 Å². The molecule has 0 bridgehead atoms. The molecule has 0 aromatic carbocycles. The standard InChI is InChI=1S/C9H17F2N3OS/c10-8(11)7-15-4-1-13-9(12)14-2-5-16-6-3-14/h8H,1-7H2,(H2,12,13). The molecule has 1 fully saturated rings. The van der Waals surface area contributed by atoms with Crippen molar-refractivity contribution in [1.29, 1.82) is 0 Å². The van der Waals surface area contributed by atoms with Crippen LogP contribution < -0.4 is 5.73 Å². The monoisotopic (exact) mass is 253 g/mol. The Balaban J connectivity index is 2.12. The fourth-order valence-electron chi connectivity index (χ4n) is 1.29. The van der Waals surface area contributed by atoms with Crippen LogP contribution in [0.15, 0.2) is 4.99 Å². The second-order valence-corrected chi connectivity index (χ2v) is 4.53. The molecule has 1 aliphatic heterocycles. The first-order chi connectivity index (χ1) is 7.70. The lowest BCUT2D eigenvalue weighted by molar-refractivity contribution is 0.0207. The number of guanidine groups is 1. The van der Waals surface area contributed by atoms with Crippen LogP contribution in [0.25, 0.3) is 0 Å². The van der Waals surface area contributed by atoms with Gasteiger partial charge < -0.3 is 15.4 Å². The molecule has 0 aliphatic carbocycles. The number of hydrogen-bond donors (Lipinski definition) is 1. The minimum Gasteiger partial charge on any atom is -0.374 e. The highest BCUT2D eigenvalue weighted by Gasteiger charge is 2.11. The zero-order valence-electron chi connectivity index (χ0n) is 9.07. The van der Waals surface area contributed by atoms with Crippen LogP contribution in [0, 0.1) is 0 Å². The molecule has 0 radical (unpaired) electrons. The molecule has 2 N–H and O–H groups in total. The number of thioether (sulfide) groups is 1. The van der Waals surface area contributed by atoms with Gasteiger partial charge in [-0.25, -0.2) is 8.78 Å². The van der Waals surface area contributed by atoms with Crippen LogP contribution in [0.2, 0.25) is 0 Å². The Bertz CT molecular complexity index is 223. The summed E-state index contributed by atoms with van der Waals surface area (Å²) in [6.45, 7) is 1.79. The maximum absolute atomic E-state index is 11.7. The number of rotatable bonds is 5. The Morgan fingerprint density at radius 1 is 1.44 bits per heavy atom. The third-order valence-corrected chi connectivity index (χ3v) is 3.03. The van der Waals surface area contributed by atoms with Gasteiger partial charge in [0, 0.05) is 24.6 Å². The second kappa shape index (κ2) is 7.67. The van der Waals surface area contributed by atoms with Gasteiger partial charge in [-0.3, -0.25) is 4.99 Å². The SMILES string of the molecule is NC(=NCCOCC(F)F)N1CCSCC1. The summed E-state index contributed by atoms with van der Waals surface area (Å²) >= 11 is 1.89. The molecule has 1 saturated heterocycles. The molecule has 94 valence electrons. The van der Waals surface area contributed by atoms with Gasteiger partial charge in [0.05, 0.1) is 13.2 Å². The van der Waals surface area contributed by atoms with Gasteiger partial charge in [-0.2, -0.15) is 11.8 Å². The van der Waals surface area contributed by atoms with Crippen molar-refractivity contribution in [3.05, 3.63) is 0 Å². The highest BCUT2D eigenvalue weighted by molar-refractivity contribution is 7.99. The fraction of sp³-hybridized carbons (Fsp3) is 0.889. The van der Waals surface area contributed by atoms with Crippen molar-refractivity contribution in [2.75, 3.05) is 44.4 Å². The first-order valence-electron chi connectivity index (χ1n) is 5.18. The molecule has 16 heavy (non-hydrogen) atoms. The predicted molar refractivity (Wildman–Crippen MR) is 62.2 cm³/mol. The molecule has 0 atom stereocenters. The van der Waals surface area contributed by atoms with E-state index in [2.05, 4.69) is 4.99 Å². The fourth-order valence-corrected chi connectivity index (χ4v) is 2.19. The van der Waals surface area contributed by atoms with Crippen LogP contribution in [-0.2, 0) is 4.74 Å². The number of hydrogen-bond acceptors (Lipinski definition) is 3. The predicted octanol–water partition coefficient (Wildman–Crippen LogP) is 0.632. The third kappa shape index (κ3) is 5.50. The molecule has 0 spiro atoms. The number of aliphatic imine (C=N–C) groups is 1. The molecule has 0 unspecified atom stereocenters. The summed E-state index contributed by atoms with van der Waals surface area (Å²) in [5.74, 6) is 2.59. The summed E-state index contributed by atoms with van der Waals surface area (Å²) in [4.78, 5) is 6.09. The topological polar surface area (TPSA) is 50.9 Å². The number of alkyl halides is 2. The van der Waals surface area contributed by atoms with Gasteiger partial charge >= 0.3 is 0 Å². The van der Waals surface area contributed by atoms with Crippen LogP contribution in [0.4, 0.5) is 8.78 Å². The molecule has 1 heterocycles. The van der Waals surface area contributed by atoms with Crippen molar-refractivity contribution in [1.82, 2.24) is 4.90 Å². The normalized spacial score (nSPS) is 18.2. The van der Waals surface area contributed by atoms with Gasteiger partial charge in [-0.05, 0) is 0 Å². The van der Waals surface area contributed by atoms with E-state index < -0.39 is 13.0 Å². The average molecular weight is 253 g/mol. The van der Waals surface area contributed by atoms with Gasteiger partial charge in [-0.1, -0.05) is 0 Å². The van der Waals surface area contributed by atoms with Crippen molar-refractivity contribution >= 4 is 17.7 Å². The zero-order chi connectivity index (χ0) is 11.8. The van der Waals surface area contributed by atoms with Crippen LogP contribution in [-0.4, -0.2) is 61.6 Å². The molecule has 0 amide bonds.